The Labute approximate surface area is 249 Å². The molecule has 0 aromatic heterocycles. The van der Waals surface area contributed by atoms with Crippen LogP contribution in [0, 0.1) is 17.5 Å². The van der Waals surface area contributed by atoms with Crippen molar-refractivity contribution < 1.29 is 32.2 Å². The largest absolute Gasteiger partial charge is 0.484 e. The molecule has 2 aromatic carbocycles. The number of Topliss-reactive ketones (excluding diaryl/α,β-unsaturated/α-hetero) is 1. The minimum Gasteiger partial charge on any atom is -0.484 e. The summed E-state index contributed by atoms with van der Waals surface area (Å²) in [6.45, 7) is 7.00. The fourth-order valence-electron chi connectivity index (χ4n) is 4.59. The lowest BCUT2D eigenvalue weighted by Crippen LogP contribution is -2.42. The van der Waals surface area contributed by atoms with Crippen molar-refractivity contribution in [2.75, 3.05) is 52.3 Å². The van der Waals surface area contributed by atoms with Crippen LogP contribution in [0.2, 0.25) is 0 Å². The minimum absolute atomic E-state index is 0.0239. The normalized spacial score (nSPS) is 17.9. The molecule has 1 amide bonds. The van der Waals surface area contributed by atoms with E-state index in [4.69, 9.17) is 15.2 Å². The molecule has 12 heteroatoms. The molecular formula is C30H39F3N4O4S. The van der Waals surface area contributed by atoms with Gasteiger partial charge < -0.3 is 25.0 Å². The highest BCUT2D eigenvalue weighted by molar-refractivity contribution is 8.00. The van der Waals surface area contributed by atoms with Crippen molar-refractivity contribution in [1.82, 2.24) is 9.80 Å². The number of halogens is 3. The molecule has 0 bridgehead atoms. The maximum atomic E-state index is 13.7. The zero-order chi connectivity index (χ0) is 30.6. The van der Waals surface area contributed by atoms with Crippen LogP contribution >= 0.6 is 11.8 Å². The Balaban J connectivity index is 0.000000240. The molecule has 0 radical (unpaired) electrons. The summed E-state index contributed by atoms with van der Waals surface area (Å²) in [5.74, 6) is -0.857. The van der Waals surface area contributed by atoms with E-state index in [1.54, 1.807) is 23.7 Å². The molecule has 0 saturated carbocycles. The number of morpholine rings is 1. The number of ether oxygens (including phenoxy) is 2. The number of benzene rings is 2. The molecule has 2 unspecified atom stereocenters. The number of amidine groups is 1. The number of aryl methyl sites for hydroxylation is 1. The van der Waals surface area contributed by atoms with Crippen molar-refractivity contribution in [2.45, 2.75) is 44.5 Å². The van der Waals surface area contributed by atoms with Crippen LogP contribution in [0.15, 0.2) is 41.4 Å². The molecule has 2 aliphatic rings. The second-order valence-corrected chi connectivity index (χ2v) is 11.2. The zero-order valence-electron chi connectivity index (χ0n) is 24.3. The average molecular weight is 609 g/mol. The summed E-state index contributed by atoms with van der Waals surface area (Å²) in [6.07, 6.45) is 1.38. The number of rotatable bonds is 9. The molecule has 42 heavy (non-hydrogen) atoms. The summed E-state index contributed by atoms with van der Waals surface area (Å²) < 4.78 is 50.7. The quantitative estimate of drug-likeness (QED) is 0.263. The maximum Gasteiger partial charge on any atom is 0.260 e. The van der Waals surface area contributed by atoms with Crippen molar-refractivity contribution in [2.24, 2.45) is 10.7 Å². The minimum atomic E-state index is -1.22. The summed E-state index contributed by atoms with van der Waals surface area (Å²) in [4.78, 5) is 31.4. The number of carbonyl (C=O) groups excluding carboxylic acids is 2. The Morgan fingerprint density at radius 1 is 1.10 bits per heavy atom. The van der Waals surface area contributed by atoms with E-state index in [9.17, 15) is 22.8 Å². The SMILES string of the molecule is CCc1ccc(OCC(=O)N2CCOCC2)cc1.CN=C(CC(N)Cc1cc(F)c(F)cc1F)N1CCSC1C(C)=O. The second-order valence-electron chi connectivity index (χ2n) is 9.97. The van der Waals surface area contributed by atoms with Crippen LogP contribution in [0.5, 0.6) is 5.75 Å². The van der Waals surface area contributed by atoms with Gasteiger partial charge in [-0.05, 0) is 49.1 Å². The third-order valence-corrected chi connectivity index (χ3v) is 8.22. The van der Waals surface area contributed by atoms with Gasteiger partial charge in [0.15, 0.2) is 24.0 Å². The molecule has 0 spiro atoms. The summed E-state index contributed by atoms with van der Waals surface area (Å²) >= 11 is 1.54. The third-order valence-electron chi connectivity index (χ3n) is 6.90. The lowest BCUT2D eigenvalue weighted by molar-refractivity contribution is -0.137. The van der Waals surface area contributed by atoms with Crippen LogP contribution < -0.4 is 10.5 Å². The molecule has 0 aliphatic carbocycles. The first kappa shape index (κ1) is 33.4. The Hall–Kier alpha value is -3.09. The fourth-order valence-corrected chi connectivity index (χ4v) is 5.76. The lowest BCUT2D eigenvalue weighted by atomic mass is 10.0. The number of ketones is 1. The Morgan fingerprint density at radius 2 is 1.76 bits per heavy atom. The Bertz CT molecular complexity index is 1230. The van der Waals surface area contributed by atoms with E-state index in [1.165, 1.54) is 12.5 Å². The summed E-state index contributed by atoms with van der Waals surface area (Å²) in [6, 6.07) is 8.69. The molecule has 2 fully saturated rings. The van der Waals surface area contributed by atoms with E-state index in [0.29, 0.717) is 51.2 Å². The molecule has 2 aliphatic heterocycles. The highest BCUT2D eigenvalue weighted by Gasteiger charge is 2.31. The number of aliphatic imine (C=N–C) groups is 1. The smallest absolute Gasteiger partial charge is 0.260 e. The van der Waals surface area contributed by atoms with Gasteiger partial charge in [-0.25, -0.2) is 13.2 Å². The van der Waals surface area contributed by atoms with Gasteiger partial charge in [0.25, 0.3) is 5.91 Å². The summed E-state index contributed by atoms with van der Waals surface area (Å²) in [5, 5.41) is -0.282. The molecule has 4 rings (SSSR count). The third kappa shape index (κ3) is 9.74. The van der Waals surface area contributed by atoms with E-state index in [0.717, 1.165) is 24.0 Å². The van der Waals surface area contributed by atoms with Gasteiger partial charge in [-0.1, -0.05) is 19.1 Å². The Morgan fingerprint density at radius 3 is 2.38 bits per heavy atom. The van der Waals surface area contributed by atoms with Crippen LogP contribution in [-0.4, -0.2) is 91.0 Å². The van der Waals surface area contributed by atoms with E-state index in [-0.39, 0.29) is 35.7 Å². The van der Waals surface area contributed by atoms with Crippen molar-refractivity contribution >= 4 is 29.3 Å². The molecular weight excluding hydrogens is 569 g/mol. The standard InChI is InChI=1S/C16H20F3N3OS.C14H19NO3/c1-9(23)16-22(3-4-24-16)15(21-2)7-11(20)5-10-6-13(18)14(19)8-12(10)17;1-2-12-3-5-13(6-4-12)18-11-14(16)15-7-9-17-10-8-15/h6,8,11,16H,3-5,7,20H2,1-2H3;3-6H,2,7-11H2,1H3. The number of amides is 1. The van der Waals surface area contributed by atoms with Gasteiger partial charge in [0, 0.05) is 51.0 Å². The topological polar surface area (TPSA) is 97.5 Å². The highest BCUT2D eigenvalue weighted by atomic mass is 32.2. The maximum absolute atomic E-state index is 13.7. The predicted octanol–water partition coefficient (Wildman–Crippen LogP) is 3.84. The van der Waals surface area contributed by atoms with Crippen molar-refractivity contribution in [3.05, 3.63) is 65.0 Å². The lowest BCUT2D eigenvalue weighted by Gasteiger charge is -2.27. The second kappa shape index (κ2) is 16.5. The van der Waals surface area contributed by atoms with Gasteiger partial charge in [0.2, 0.25) is 0 Å². The number of thioether (sulfide) groups is 1. The van der Waals surface area contributed by atoms with Crippen LogP contribution in [0.4, 0.5) is 13.2 Å². The van der Waals surface area contributed by atoms with Gasteiger partial charge in [-0.3, -0.25) is 14.6 Å². The zero-order valence-corrected chi connectivity index (χ0v) is 25.1. The highest BCUT2D eigenvalue weighted by Crippen LogP contribution is 2.26. The molecule has 2 aromatic rings. The molecule has 230 valence electrons. The number of nitrogens with two attached hydrogens (primary N) is 1. The van der Waals surface area contributed by atoms with Gasteiger partial charge >= 0.3 is 0 Å². The fraction of sp³-hybridized carbons (Fsp3) is 0.500. The Kier molecular flexibility index (Phi) is 13.1. The molecule has 2 saturated heterocycles. The molecule has 2 N–H and O–H groups in total. The molecule has 2 heterocycles. The van der Waals surface area contributed by atoms with Crippen molar-refractivity contribution in [3.63, 3.8) is 0 Å². The van der Waals surface area contributed by atoms with Crippen LogP contribution in [0.1, 0.15) is 31.4 Å². The number of hydrogen-bond acceptors (Lipinski definition) is 7. The van der Waals surface area contributed by atoms with Gasteiger partial charge in [0.1, 0.15) is 22.8 Å². The first-order valence-electron chi connectivity index (χ1n) is 13.9. The molecule has 8 nitrogen and oxygen atoms in total. The number of nitrogens with zero attached hydrogens (tertiary/aromatic N) is 3. The van der Waals surface area contributed by atoms with E-state index in [2.05, 4.69) is 11.9 Å². The van der Waals surface area contributed by atoms with Gasteiger partial charge in [-0.2, -0.15) is 0 Å². The van der Waals surface area contributed by atoms with Crippen molar-refractivity contribution in [3.8, 4) is 5.75 Å². The van der Waals surface area contributed by atoms with Gasteiger partial charge in [-0.15, -0.1) is 11.8 Å². The predicted molar refractivity (Wildman–Crippen MR) is 158 cm³/mol. The number of hydrogen-bond donors (Lipinski definition) is 1. The van der Waals surface area contributed by atoms with E-state index >= 15 is 0 Å². The van der Waals surface area contributed by atoms with Crippen LogP contribution in [0.3, 0.4) is 0 Å². The first-order chi connectivity index (χ1) is 20.1. The summed E-state index contributed by atoms with van der Waals surface area (Å²) in [5.41, 5.74) is 7.34. The van der Waals surface area contributed by atoms with E-state index in [1.807, 2.05) is 29.2 Å². The van der Waals surface area contributed by atoms with Crippen LogP contribution in [0.25, 0.3) is 0 Å². The first-order valence-corrected chi connectivity index (χ1v) is 15.0. The van der Waals surface area contributed by atoms with Gasteiger partial charge in [0.05, 0.1) is 13.2 Å². The van der Waals surface area contributed by atoms with Crippen LogP contribution in [-0.2, 0) is 27.2 Å². The average Bonchev–Trinajstić information content (AvgIpc) is 3.49. The summed E-state index contributed by atoms with van der Waals surface area (Å²) in [7, 11) is 1.61. The van der Waals surface area contributed by atoms with Crippen molar-refractivity contribution in [1.29, 1.82) is 0 Å². The van der Waals surface area contributed by atoms with E-state index < -0.39 is 23.5 Å². The molecule has 2 atom stereocenters. The monoisotopic (exact) mass is 608 g/mol. The number of carbonyl (C=O) groups is 2.